The molecule has 0 aliphatic carbocycles. The number of carbonyl (C=O) groups excluding carboxylic acids is 1. The van der Waals surface area contributed by atoms with Crippen LogP contribution in [0.5, 0.6) is 0 Å². The lowest BCUT2D eigenvalue weighted by molar-refractivity contribution is -0.145. The van der Waals surface area contributed by atoms with Gasteiger partial charge in [0.25, 0.3) is 0 Å². The molecule has 0 radical (unpaired) electrons. The van der Waals surface area contributed by atoms with Crippen molar-refractivity contribution < 1.29 is 19.4 Å². The average Bonchev–Trinajstić information content (AvgIpc) is 3.12. The Morgan fingerprint density at radius 2 is 1.78 bits per heavy atom. The first-order valence-electron chi connectivity index (χ1n) is 10.0. The van der Waals surface area contributed by atoms with Gasteiger partial charge >= 0.3 is 5.97 Å². The summed E-state index contributed by atoms with van der Waals surface area (Å²) in [6, 6.07) is 10.2. The number of benzene rings is 1. The SMILES string of the molecule is O=C1CC[C@H]([C@H](O)CC/C=C\CC/C=C/CCCOCc2ccccc2)O1. The fourth-order valence-corrected chi connectivity index (χ4v) is 3.00. The standard InChI is InChI=1S/C23H32O4/c24-21(22-16-17-23(25)27-22)15-11-6-4-2-1-3-5-7-12-18-26-19-20-13-9-8-10-14-20/h3-6,8-10,13-14,21-22,24H,1-2,7,11-12,15-19H2/b5-3+,6-4-/t21-,22-/m1/s1. The van der Waals surface area contributed by atoms with Crippen LogP contribution in [0.4, 0.5) is 0 Å². The van der Waals surface area contributed by atoms with Crippen LogP contribution in [0.25, 0.3) is 0 Å². The lowest BCUT2D eigenvalue weighted by Gasteiger charge is -2.15. The Bertz CT molecular complexity index is 579. The van der Waals surface area contributed by atoms with Crippen LogP contribution in [0.2, 0.25) is 0 Å². The van der Waals surface area contributed by atoms with E-state index >= 15 is 0 Å². The Morgan fingerprint density at radius 1 is 1.07 bits per heavy atom. The highest BCUT2D eigenvalue weighted by Gasteiger charge is 2.29. The second-order valence-corrected chi connectivity index (χ2v) is 6.91. The van der Waals surface area contributed by atoms with Crippen molar-refractivity contribution in [1.29, 1.82) is 0 Å². The molecule has 1 fully saturated rings. The maximum absolute atomic E-state index is 11.0. The minimum absolute atomic E-state index is 0.191. The first kappa shape index (κ1) is 21.4. The van der Waals surface area contributed by atoms with Gasteiger partial charge in [-0.25, -0.2) is 0 Å². The summed E-state index contributed by atoms with van der Waals surface area (Å²) < 4.78 is 10.7. The molecule has 1 aliphatic rings. The van der Waals surface area contributed by atoms with Crippen LogP contribution in [0, 0.1) is 0 Å². The third-order valence-corrected chi connectivity index (χ3v) is 4.58. The summed E-state index contributed by atoms with van der Waals surface area (Å²) in [6.45, 7) is 1.48. The quantitative estimate of drug-likeness (QED) is 0.309. The molecule has 0 saturated carbocycles. The monoisotopic (exact) mass is 372 g/mol. The molecule has 1 aromatic carbocycles. The van der Waals surface area contributed by atoms with Crippen molar-refractivity contribution in [3.05, 3.63) is 60.2 Å². The predicted octanol–water partition coefficient (Wildman–Crippen LogP) is 4.72. The summed E-state index contributed by atoms with van der Waals surface area (Å²) in [5.74, 6) is -0.191. The van der Waals surface area contributed by atoms with Crippen LogP contribution in [0.1, 0.15) is 56.9 Å². The molecule has 148 valence electrons. The molecule has 1 aliphatic heterocycles. The molecule has 2 rings (SSSR count). The van der Waals surface area contributed by atoms with Crippen LogP contribution in [0.15, 0.2) is 54.6 Å². The molecule has 27 heavy (non-hydrogen) atoms. The highest BCUT2D eigenvalue weighted by molar-refractivity contribution is 5.71. The minimum Gasteiger partial charge on any atom is -0.460 e. The molecular weight excluding hydrogens is 340 g/mol. The lowest BCUT2D eigenvalue weighted by atomic mass is 10.1. The van der Waals surface area contributed by atoms with Crippen molar-refractivity contribution in [3.63, 3.8) is 0 Å². The smallest absolute Gasteiger partial charge is 0.306 e. The molecule has 1 N–H and O–H groups in total. The van der Waals surface area contributed by atoms with E-state index in [-0.39, 0.29) is 12.1 Å². The molecule has 4 nitrogen and oxygen atoms in total. The fourth-order valence-electron chi connectivity index (χ4n) is 3.00. The van der Waals surface area contributed by atoms with Gasteiger partial charge < -0.3 is 14.6 Å². The fraction of sp³-hybridized carbons (Fsp3) is 0.522. The number of allylic oxidation sites excluding steroid dienone is 4. The highest BCUT2D eigenvalue weighted by Crippen LogP contribution is 2.19. The minimum atomic E-state index is -0.537. The molecule has 0 aromatic heterocycles. The number of unbranched alkanes of at least 4 members (excludes halogenated alkanes) is 2. The Morgan fingerprint density at radius 3 is 2.48 bits per heavy atom. The van der Waals surface area contributed by atoms with Crippen molar-refractivity contribution in [1.82, 2.24) is 0 Å². The van der Waals surface area contributed by atoms with Crippen LogP contribution in [-0.4, -0.2) is 29.9 Å². The maximum Gasteiger partial charge on any atom is 0.306 e. The van der Waals surface area contributed by atoms with E-state index in [0.29, 0.717) is 25.9 Å². The summed E-state index contributed by atoms with van der Waals surface area (Å²) in [5.41, 5.74) is 1.22. The summed E-state index contributed by atoms with van der Waals surface area (Å²) in [6.07, 6.45) is 14.5. The van der Waals surface area contributed by atoms with Gasteiger partial charge in [-0.15, -0.1) is 0 Å². The summed E-state index contributed by atoms with van der Waals surface area (Å²) >= 11 is 0. The number of hydrogen-bond acceptors (Lipinski definition) is 4. The van der Waals surface area contributed by atoms with Gasteiger partial charge in [-0.1, -0.05) is 54.6 Å². The van der Waals surface area contributed by atoms with Crippen molar-refractivity contribution in [2.75, 3.05) is 6.61 Å². The van der Waals surface area contributed by atoms with Gasteiger partial charge in [0.05, 0.1) is 12.7 Å². The molecule has 0 bridgehead atoms. The highest BCUT2D eigenvalue weighted by atomic mass is 16.6. The van der Waals surface area contributed by atoms with E-state index in [1.807, 2.05) is 18.2 Å². The zero-order valence-corrected chi connectivity index (χ0v) is 16.1. The van der Waals surface area contributed by atoms with E-state index in [0.717, 1.165) is 38.7 Å². The molecule has 2 atom stereocenters. The first-order chi connectivity index (χ1) is 13.3. The Labute approximate surface area is 162 Å². The van der Waals surface area contributed by atoms with Gasteiger partial charge in [-0.2, -0.15) is 0 Å². The maximum atomic E-state index is 11.0. The number of carbonyl (C=O) groups is 1. The summed E-state index contributed by atoms with van der Waals surface area (Å²) in [7, 11) is 0. The number of aliphatic hydroxyl groups is 1. The van der Waals surface area contributed by atoms with E-state index in [4.69, 9.17) is 9.47 Å². The summed E-state index contributed by atoms with van der Waals surface area (Å²) in [4.78, 5) is 11.0. The average molecular weight is 373 g/mol. The second kappa shape index (κ2) is 13.3. The van der Waals surface area contributed by atoms with E-state index in [1.54, 1.807) is 0 Å². The number of ether oxygens (including phenoxy) is 2. The largest absolute Gasteiger partial charge is 0.460 e. The van der Waals surface area contributed by atoms with Crippen LogP contribution in [-0.2, 0) is 20.9 Å². The van der Waals surface area contributed by atoms with Crippen LogP contribution < -0.4 is 0 Å². The third kappa shape index (κ3) is 9.55. The predicted molar refractivity (Wildman–Crippen MR) is 107 cm³/mol. The van der Waals surface area contributed by atoms with E-state index in [9.17, 15) is 9.90 Å². The van der Waals surface area contributed by atoms with Gasteiger partial charge in [-0.05, 0) is 50.5 Å². The zero-order valence-electron chi connectivity index (χ0n) is 16.1. The normalized spacial score (nSPS) is 18.4. The van der Waals surface area contributed by atoms with Gasteiger partial charge in [-0.3, -0.25) is 4.79 Å². The van der Waals surface area contributed by atoms with Gasteiger partial charge in [0.2, 0.25) is 0 Å². The molecule has 4 heteroatoms. The van der Waals surface area contributed by atoms with Crippen molar-refractivity contribution in [3.8, 4) is 0 Å². The van der Waals surface area contributed by atoms with Gasteiger partial charge in [0.15, 0.2) is 0 Å². The number of aliphatic hydroxyl groups excluding tert-OH is 1. The molecule has 0 spiro atoms. The second-order valence-electron chi connectivity index (χ2n) is 6.91. The summed E-state index contributed by atoms with van der Waals surface area (Å²) in [5, 5.41) is 9.96. The van der Waals surface area contributed by atoms with Crippen molar-refractivity contribution in [2.45, 2.75) is 70.2 Å². The molecule has 0 amide bonds. The molecule has 1 saturated heterocycles. The number of esters is 1. The van der Waals surface area contributed by atoms with Crippen molar-refractivity contribution >= 4 is 5.97 Å². The Balaban J connectivity index is 1.39. The first-order valence-corrected chi connectivity index (χ1v) is 10.0. The number of hydrogen-bond donors (Lipinski definition) is 1. The van der Waals surface area contributed by atoms with Crippen LogP contribution in [0.3, 0.4) is 0 Å². The number of cyclic esters (lactones) is 1. The topological polar surface area (TPSA) is 55.8 Å². The van der Waals surface area contributed by atoms with E-state index in [1.165, 1.54) is 5.56 Å². The third-order valence-electron chi connectivity index (χ3n) is 4.58. The Hall–Kier alpha value is -1.91. The Kier molecular flexibility index (Phi) is 10.5. The molecule has 1 aromatic rings. The lowest BCUT2D eigenvalue weighted by Crippen LogP contribution is -2.25. The molecule has 0 unspecified atom stereocenters. The molecule has 1 heterocycles. The van der Waals surface area contributed by atoms with E-state index in [2.05, 4.69) is 36.4 Å². The van der Waals surface area contributed by atoms with Crippen molar-refractivity contribution in [2.24, 2.45) is 0 Å². The zero-order chi connectivity index (χ0) is 19.2. The molecular formula is C23H32O4. The van der Waals surface area contributed by atoms with Crippen LogP contribution >= 0.6 is 0 Å². The van der Waals surface area contributed by atoms with Gasteiger partial charge in [0, 0.05) is 13.0 Å². The van der Waals surface area contributed by atoms with Gasteiger partial charge in [0.1, 0.15) is 6.10 Å². The van der Waals surface area contributed by atoms with E-state index < -0.39 is 6.10 Å². The number of rotatable bonds is 13.